The Kier molecular flexibility index (Phi) is 5.17. The number of halogens is 3. The highest BCUT2D eigenvalue weighted by atomic mass is 35.5. The first-order valence-corrected chi connectivity index (χ1v) is 7.15. The Morgan fingerprint density at radius 2 is 2.00 bits per heavy atom. The molecule has 0 amide bonds. The summed E-state index contributed by atoms with van der Waals surface area (Å²) in [5.41, 5.74) is 1.91. The predicted molar refractivity (Wildman–Crippen MR) is 80.3 cm³/mol. The molecular formula is C14H14Cl3NO. The molecule has 2 rings (SSSR count). The van der Waals surface area contributed by atoms with Crippen molar-refractivity contribution >= 4 is 34.8 Å². The topological polar surface area (TPSA) is 25.2 Å². The smallest absolute Gasteiger partial charge is 0.197 e. The summed E-state index contributed by atoms with van der Waals surface area (Å²) in [7, 11) is 0. The van der Waals surface area contributed by atoms with Crippen molar-refractivity contribution in [3.63, 3.8) is 0 Å². The molecular weight excluding hydrogens is 305 g/mol. The van der Waals surface area contributed by atoms with Gasteiger partial charge in [0.2, 0.25) is 0 Å². The van der Waals surface area contributed by atoms with Gasteiger partial charge in [0.15, 0.2) is 5.22 Å². The molecule has 0 saturated carbocycles. The lowest BCUT2D eigenvalue weighted by molar-refractivity contribution is 0.526. The molecule has 1 aromatic heterocycles. The number of likely N-dealkylation sites (N-methyl/N-ethyl adjacent to an activating group) is 1. The summed E-state index contributed by atoms with van der Waals surface area (Å²) < 4.78 is 5.15. The van der Waals surface area contributed by atoms with E-state index in [4.69, 9.17) is 39.2 Å². The highest BCUT2D eigenvalue weighted by molar-refractivity contribution is 6.33. The summed E-state index contributed by atoms with van der Waals surface area (Å²) in [6.07, 6.45) is 2.29. The molecule has 1 heterocycles. The van der Waals surface area contributed by atoms with Crippen LogP contribution in [0.2, 0.25) is 15.3 Å². The summed E-state index contributed by atoms with van der Waals surface area (Å²) in [5, 5.41) is 5.16. The lowest BCUT2D eigenvalue weighted by Crippen LogP contribution is -2.22. The minimum atomic E-state index is 0.0483. The van der Waals surface area contributed by atoms with Gasteiger partial charge in [0.25, 0.3) is 0 Å². The van der Waals surface area contributed by atoms with Crippen LogP contribution in [-0.2, 0) is 6.42 Å². The molecule has 2 aromatic rings. The molecule has 0 saturated heterocycles. The molecule has 19 heavy (non-hydrogen) atoms. The fourth-order valence-electron chi connectivity index (χ4n) is 2.01. The molecule has 0 aliphatic heterocycles. The van der Waals surface area contributed by atoms with Crippen LogP contribution in [0.25, 0.3) is 0 Å². The average Bonchev–Trinajstić information content (AvgIpc) is 2.79. The molecule has 0 spiro atoms. The molecule has 0 aliphatic rings. The van der Waals surface area contributed by atoms with Crippen LogP contribution in [0.4, 0.5) is 0 Å². The van der Waals surface area contributed by atoms with Crippen LogP contribution in [0, 0.1) is 0 Å². The Hall–Kier alpha value is -0.670. The number of hydrogen-bond acceptors (Lipinski definition) is 2. The SMILES string of the molecule is CCNC(Cc1cc(Cl)ccc1Cl)c1ccoc1Cl. The van der Waals surface area contributed by atoms with Crippen LogP contribution < -0.4 is 5.32 Å². The molecule has 1 aromatic carbocycles. The molecule has 0 bridgehead atoms. The van der Waals surface area contributed by atoms with Crippen molar-refractivity contribution in [1.29, 1.82) is 0 Å². The zero-order valence-corrected chi connectivity index (χ0v) is 12.7. The third-order valence-corrected chi connectivity index (χ3v) is 3.81. The van der Waals surface area contributed by atoms with Crippen molar-refractivity contribution in [3.05, 3.63) is 56.9 Å². The normalized spacial score (nSPS) is 12.6. The van der Waals surface area contributed by atoms with Gasteiger partial charge in [-0.2, -0.15) is 0 Å². The summed E-state index contributed by atoms with van der Waals surface area (Å²) in [5.74, 6) is 0. The maximum absolute atomic E-state index is 6.20. The summed E-state index contributed by atoms with van der Waals surface area (Å²) >= 11 is 18.3. The summed E-state index contributed by atoms with van der Waals surface area (Å²) in [6, 6.07) is 7.38. The van der Waals surface area contributed by atoms with Crippen LogP contribution in [0.3, 0.4) is 0 Å². The average molecular weight is 319 g/mol. The minimum absolute atomic E-state index is 0.0483. The third-order valence-electron chi connectivity index (χ3n) is 2.90. The first kappa shape index (κ1) is 14.7. The van der Waals surface area contributed by atoms with Gasteiger partial charge in [0.05, 0.1) is 6.26 Å². The lowest BCUT2D eigenvalue weighted by atomic mass is 10.0. The second-order valence-electron chi connectivity index (χ2n) is 4.20. The molecule has 0 fully saturated rings. The van der Waals surface area contributed by atoms with E-state index in [1.165, 1.54) is 0 Å². The highest BCUT2D eigenvalue weighted by Crippen LogP contribution is 2.30. The third kappa shape index (κ3) is 3.67. The van der Waals surface area contributed by atoms with Gasteiger partial charge in [-0.25, -0.2) is 0 Å². The number of rotatable bonds is 5. The van der Waals surface area contributed by atoms with Crippen LogP contribution in [0.15, 0.2) is 34.9 Å². The lowest BCUT2D eigenvalue weighted by Gasteiger charge is -2.18. The second-order valence-corrected chi connectivity index (χ2v) is 5.39. The van der Waals surface area contributed by atoms with Crippen LogP contribution in [0.1, 0.15) is 24.1 Å². The quantitative estimate of drug-likeness (QED) is 0.826. The molecule has 1 unspecified atom stereocenters. The Bertz CT molecular complexity index is 553. The van der Waals surface area contributed by atoms with Crippen LogP contribution in [0.5, 0.6) is 0 Å². The van der Waals surface area contributed by atoms with E-state index in [-0.39, 0.29) is 6.04 Å². The first-order chi connectivity index (χ1) is 9.11. The Balaban J connectivity index is 2.26. The van der Waals surface area contributed by atoms with Crippen molar-refractivity contribution in [2.45, 2.75) is 19.4 Å². The Morgan fingerprint density at radius 3 is 2.63 bits per heavy atom. The molecule has 2 nitrogen and oxygen atoms in total. The minimum Gasteiger partial charge on any atom is -0.453 e. The number of hydrogen-bond donors (Lipinski definition) is 1. The van der Waals surface area contributed by atoms with Crippen molar-refractivity contribution in [2.24, 2.45) is 0 Å². The molecule has 1 atom stereocenters. The Morgan fingerprint density at radius 1 is 1.21 bits per heavy atom. The number of benzene rings is 1. The molecule has 1 N–H and O–H groups in total. The van der Waals surface area contributed by atoms with Gasteiger partial charge in [-0.15, -0.1) is 0 Å². The van der Waals surface area contributed by atoms with Crippen molar-refractivity contribution < 1.29 is 4.42 Å². The second kappa shape index (κ2) is 6.67. The molecule has 102 valence electrons. The van der Waals surface area contributed by atoms with E-state index in [1.807, 2.05) is 19.1 Å². The zero-order valence-electron chi connectivity index (χ0n) is 10.4. The molecule has 0 radical (unpaired) electrons. The van der Waals surface area contributed by atoms with Crippen LogP contribution >= 0.6 is 34.8 Å². The van der Waals surface area contributed by atoms with Gasteiger partial charge < -0.3 is 9.73 Å². The van der Waals surface area contributed by atoms with E-state index in [1.54, 1.807) is 18.4 Å². The molecule has 0 aliphatic carbocycles. The monoisotopic (exact) mass is 317 g/mol. The van der Waals surface area contributed by atoms with E-state index in [0.717, 1.165) is 17.7 Å². The Labute approximate surface area is 127 Å². The number of nitrogens with one attached hydrogen (secondary N) is 1. The predicted octanol–water partition coefficient (Wildman–Crippen LogP) is 5.13. The van der Waals surface area contributed by atoms with Gasteiger partial charge >= 0.3 is 0 Å². The van der Waals surface area contributed by atoms with Crippen molar-refractivity contribution in [3.8, 4) is 0 Å². The van der Waals surface area contributed by atoms with E-state index in [9.17, 15) is 0 Å². The van der Waals surface area contributed by atoms with Gasteiger partial charge in [-0.1, -0.05) is 30.1 Å². The van der Waals surface area contributed by atoms with Gasteiger partial charge in [0, 0.05) is 21.7 Å². The standard InChI is InChI=1S/C14H14Cl3NO/c1-2-18-13(11-5-6-19-14(11)17)8-9-7-10(15)3-4-12(9)16/h3-7,13,18H,2,8H2,1H3. The fraction of sp³-hybridized carbons (Fsp3) is 0.286. The summed E-state index contributed by atoms with van der Waals surface area (Å²) in [6.45, 7) is 2.87. The maximum atomic E-state index is 6.20. The van der Waals surface area contributed by atoms with E-state index in [0.29, 0.717) is 21.7 Å². The number of furan rings is 1. The van der Waals surface area contributed by atoms with Gasteiger partial charge in [-0.3, -0.25) is 0 Å². The van der Waals surface area contributed by atoms with E-state index < -0.39 is 0 Å². The van der Waals surface area contributed by atoms with Crippen molar-refractivity contribution in [1.82, 2.24) is 5.32 Å². The van der Waals surface area contributed by atoms with E-state index >= 15 is 0 Å². The van der Waals surface area contributed by atoms with Crippen LogP contribution in [-0.4, -0.2) is 6.54 Å². The van der Waals surface area contributed by atoms with Gasteiger partial charge in [0.1, 0.15) is 0 Å². The molecule has 5 heteroatoms. The van der Waals surface area contributed by atoms with E-state index in [2.05, 4.69) is 5.32 Å². The highest BCUT2D eigenvalue weighted by Gasteiger charge is 2.18. The van der Waals surface area contributed by atoms with Gasteiger partial charge in [-0.05, 0) is 54.4 Å². The zero-order chi connectivity index (χ0) is 13.8. The maximum Gasteiger partial charge on any atom is 0.197 e. The first-order valence-electron chi connectivity index (χ1n) is 6.02. The van der Waals surface area contributed by atoms with Crippen molar-refractivity contribution in [2.75, 3.05) is 6.54 Å². The fourth-order valence-corrected chi connectivity index (χ4v) is 2.65. The largest absolute Gasteiger partial charge is 0.453 e. The summed E-state index contributed by atoms with van der Waals surface area (Å²) in [4.78, 5) is 0.